The second-order valence-electron chi connectivity index (χ2n) is 6.21. The van der Waals surface area contributed by atoms with Gasteiger partial charge in [0, 0.05) is 31.5 Å². The predicted octanol–water partition coefficient (Wildman–Crippen LogP) is 1.92. The minimum atomic E-state index is -0.333. The highest BCUT2D eigenvalue weighted by atomic mass is 16.4. The molecule has 2 N–H and O–H groups in total. The number of carbonyl (C=O) groups is 2. The first-order chi connectivity index (χ1) is 11.5. The lowest BCUT2D eigenvalue weighted by atomic mass is 10.1. The van der Waals surface area contributed by atoms with Gasteiger partial charge in [0.25, 0.3) is 0 Å². The van der Waals surface area contributed by atoms with Gasteiger partial charge < -0.3 is 15.1 Å². The number of carbonyl (C=O) groups excluding carboxylic acids is 2. The molecule has 1 aromatic heterocycles. The summed E-state index contributed by atoms with van der Waals surface area (Å²) >= 11 is 0. The van der Waals surface area contributed by atoms with Gasteiger partial charge >= 0.3 is 0 Å². The highest BCUT2D eigenvalue weighted by Crippen LogP contribution is 2.22. The summed E-state index contributed by atoms with van der Waals surface area (Å²) in [5, 5.41) is 0. The van der Waals surface area contributed by atoms with Gasteiger partial charge in [-0.05, 0) is 13.3 Å². The molecule has 1 aliphatic rings. The van der Waals surface area contributed by atoms with E-state index in [1.807, 2.05) is 31.2 Å². The van der Waals surface area contributed by atoms with Crippen molar-refractivity contribution in [2.45, 2.75) is 26.2 Å². The molecule has 2 heterocycles. The summed E-state index contributed by atoms with van der Waals surface area (Å²) in [7, 11) is 0. The van der Waals surface area contributed by atoms with Crippen molar-refractivity contribution in [3.8, 4) is 11.3 Å². The van der Waals surface area contributed by atoms with Gasteiger partial charge in [-0.2, -0.15) is 0 Å². The van der Waals surface area contributed by atoms with Gasteiger partial charge in [-0.1, -0.05) is 29.8 Å². The van der Waals surface area contributed by atoms with Gasteiger partial charge in [-0.3, -0.25) is 9.59 Å². The summed E-state index contributed by atoms with van der Waals surface area (Å²) in [5.74, 6) is 0.704. The van der Waals surface area contributed by atoms with Gasteiger partial charge in [0.1, 0.15) is 0 Å². The fraction of sp³-hybridized carbons (Fsp3) is 0.389. The van der Waals surface area contributed by atoms with E-state index >= 15 is 0 Å². The molecule has 6 nitrogen and oxygen atoms in total. The van der Waals surface area contributed by atoms with Crippen molar-refractivity contribution >= 4 is 11.8 Å². The maximum atomic E-state index is 12.2. The highest BCUT2D eigenvalue weighted by Gasteiger charge is 2.29. The van der Waals surface area contributed by atoms with Crippen molar-refractivity contribution in [2.75, 3.05) is 13.1 Å². The van der Waals surface area contributed by atoms with Crippen LogP contribution in [0, 0.1) is 12.8 Å². The fourth-order valence-electron chi connectivity index (χ4n) is 2.87. The quantitative estimate of drug-likeness (QED) is 0.908. The zero-order chi connectivity index (χ0) is 17.1. The third-order valence-corrected chi connectivity index (χ3v) is 4.39. The topological polar surface area (TPSA) is 89.4 Å². The van der Waals surface area contributed by atoms with Crippen LogP contribution in [0.2, 0.25) is 0 Å². The summed E-state index contributed by atoms with van der Waals surface area (Å²) in [5.41, 5.74) is 7.44. The summed E-state index contributed by atoms with van der Waals surface area (Å²) in [6, 6.07) is 8.01. The molecule has 3 rings (SSSR count). The molecule has 0 bridgehead atoms. The lowest BCUT2D eigenvalue weighted by Crippen LogP contribution is -2.31. The van der Waals surface area contributed by atoms with Gasteiger partial charge in [0.2, 0.25) is 11.8 Å². The normalized spacial score (nSPS) is 17.2. The van der Waals surface area contributed by atoms with Crippen LogP contribution >= 0.6 is 0 Å². The van der Waals surface area contributed by atoms with Crippen molar-refractivity contribution < 1.29 is 14.0 Å². The Balaban J connectivity index is 1.55. The third kappa shape index (κ3) is 3.64. The maximum absolute atomic E-state index is 12.2. The molecule has 0 radical (unpaired) electrons. The summed E-state index contributed by atoms with van der Waals surface area (Å²) < 4.78 is 5.73. The Morgan fingerprint density at radius 2 is 2.08 bits per heavy atom. The molecular formula is C18H21N3O3. The standard InChI is InChI=1S/C18H21N3O3/c1-12-2-4-13(5-3-12)15-10-20-16(24-15)6-7-17(22)21-9-8-14(11-21)18(19)23/h2-5,10,14H,6-9,11H2,1H3,(H2,19,23). The summed E-state index contributed by atoms with van der Waals surface area (Å²) in [4.78, 5) is 29.3. The molecule has 0 aliphatic carbocycles. The van der Waals surface area contributed by atoms with Crippen LogP contribution in [0.1, 0.15) is 24.3 Å². The van der Waals surface area contributed by atoms with Crippen LogP contribution in [0.4, 0.5) is 0 Å². The van der Waals surface area contributed by atoms with E-state index in [0.29, 0.717) is 44.0 Å². The molecule has 1 fully saturated rings. The molecule has 0 saturated carbocycles. The van der Waals surface area contributed by atoms with Crippen LogP contribution in [0.5, 0.6) is 0 Å². The number of hydrogen-bond acceptors (Lipinski definition) is 4. The van der Waals surface area contributed by atoms with E-state index in [0.717, 1.165) is 5.56 Å². The van der Waals surface area contributed by atoms with E-state index in [1.54, 1.807) is 11.1 Å². The van der Waals surface area contributed by atoms with Crippen molar-refractivity contribution in [1.29, 1.82) is 0 Å². The molecule has 2 amide bonds. The first-order valence-electron chi connectivity index (χ1n) is 8.12. The van der Waals surface area contributed by atoms with E-state index < -0.39 is 0 Å². The number of nitrogens with two attached hydrogens (primary N) is 1. The van der Waals surface area contributed by atoms with Crippen LogP contribution in [0.15, 0.2) is 34.9 Å². The van der Waals surface area contributed by atoms with E-state index in [4.69, 9.17) is 10.2 Å². The molecule has 1 aromatic carbocycles. The molecule has 2 aromatic rings. The molecule has 126 valence electrons. The number of oxazole rings is 1. The van der Waals surface area contributed by atoms with Crippen molar-refractivity contribution in [2.24, 2.45) is 11.7 Å². The molecule has 1 atom stereocenters. The van der Waals surface area contributed by atoms with E-state index in [-0.39, 0.29) is 17.7 Å². The number of aromatic nitrogens is 1. The second-order valence-corrected chi connectivity index (χ2v) is 6.21. The number of aryl methyl sites for hydroxylation is 2. The van der Waals surface area contributed by atoms with E-state index in [1.165, 1.54) is 5.56 Å². The van der Waals surface area contributed by atoms with E-state index in [2.05, 4.69) is 4.98 Å². The van der Waals surface area contributed by atoms with Gasteiger partial charge in [0.05, 0.1) is 12.1 Å². The third-order valence-electron chi connectivity index (χ3n) is 4.39. The SMILES string of the molecule is Cc1ccc(-c2cnc(CCC(=O)N3CCC(C(N)=O)C3)o2)cc1. The minimum absolute atomic E-state index is 0.00818. The number of nitrogens with zero attached hydrogens (tertiary/aromatic N) is 2. The number of primary amides is 1. The van der Waals surface area contributed by atoms with Crippen LogP contribution in [-0.2, 0) is 16.0 Å². The Bertz CT molecular complexity index is 736. The number of amides is 2. The first kappa shape index (κ1) is 16.2. The fourth-order valence-corrected chi connectivity index (χ4v) is 2.87. The molecule has 1 unspecified atom stereocenters. The molecular weight excluding hydrogens is 306 g/mol. The van der Waals surface area contributed by atoms with Gasteiger partial charge in [-0.25, -0.2) is 4.98 Å². The molecule has 1 aliphatic heterocycles. The van der Waals surface area contributed by atoms with Crippen LogP contribution in [0.3, 0.4) is 0 Å². The Kier molecular flexibility index (Phi) is 4.64. The Hall–Kier alpha value is -2.63. The Labute approximate surface area is 140 Å². The Morgan fingerprint density at radius 1 is 1.33 bits per heavy atom. The van der Waals surface area contributed by atoms with Crippen molar-refractivity contribution in [3.63, 3.8) is 0 Å². The lowest BCUT2D eigenvalue weighted by Gasteiger charge is -2.15. The molecule has 6 heteroatoms. The van der Waals surface area contributed by atoms with E-state index in [9.17, 15) is 9.59 Å². The molecule has 1 saturated heterocycles. The predicted molar refractivity (Wildman–Crippen MR) is 88.9 cm³/mol. The number of rotatable bonds is 5. The van der Waals surface area contributed by atoms with Gasteiger partial charge in [0.15, 0.2) is 11.7 Å². The van der Waals surface area contributed by atoms with Crippen LogP contribution in [-0.4, -0.2) is 34.8 Å². The smallest absolute Gasteiger partial charge is 0.223 e. The lowest BCUT2D eigenvalue weighted by molar-refractivity contribution is -0.130. The average Bonchev–Trinajstić information content (AvgIpc) is 3.23. The Morgan fingerprint density at radius 3 is 2.75 bits per heavy atom. The maximum Gasteiger partial charge on any atom is 0.223 e. The van der Waals surface area contributed by atoms with Gasteiger partial charge in [-0.15, -0.1) is 0 Å². The summed E-state index contributed by atoms with van der Waals surface area (Å²) in [6.07, 6.45) is 3.10. The number of benzene rings is 1. The van der Waals surface area contributed by atoms with Crippen LogP contribution < -0.4 is 5.73 Å². The number of likely N-dealkylation sites (tertiary alicyclic amines) is 1. The zero-order valence-electron chi connectivity index (χ0n) is 13.7. The first-order valence-corrected chi connectivity index (χ1v) is 8.12. The largest absolute Gasteiger partial charge is 0.441 e. The zero-order valence-corrected chi connectivity index (χ0v) is 13.7. The van der Waals surface area contributed by atoms with Crippen molar-refractivity contribution in [1.82, 2.24) is 9.88 Å². The van der Waals surface area contributed by atoms with Crippen LogP contribution in [0.25, 0.3) is 11.3 Å². The monoisotopic (exact) mass is 327 g/mol. The van der Waals surface area contributed by atoms with Crippen molar-refractivity contribution in [3.05, 3.63) is 41.9 Å². The minimum Gasteiger partial charge on any atom is -0.441 e. The molecule has 0 spiro atoms. The number of hydrogen-bond donors (Lipinski definition) is 1. The average molecular weight is 327 g/mol. The summed E-state index contributed by atoms with van der Waals surface area (Å²) in [6.45, 7) is 3.04. The highest BCUT2D eigenvalue weighted by molar-refractivity contribution is 5.81. The second kappa shape index (κ2) is 6.86. The molecule has 24 heavy (non-hydrogen) atoms.